The molecule has 4 nitrogen and oxygen atoms in total. The molecule has 0 fully saturated rings. The van der Waals surface area contributed by atoms with Crippen molar-refractivity contribution in [2.24, 2.45) is 5.73 Å². The molecule has 4 heteroatoms. The van der Waals surface area contributed by atoms with E-state index in [4.69, 9.17) is 10.2 Å². The largest absolute Gasteiger partial charge is 0.464 e. The van der Waals surface area contributed by atoms with Gasteiger partial charge in [-0.1, -0.05) is 42.5 Å². The van der Waals surface area contributed by atoms with Crippen LogP contribution in [0.5, 0.6) is 0 Å². The lowest BCUT2D eigenvalue weighted by Gasteiger charge is -2.36. The first-order valence-electron chi connectivity index (χ1n) is 7.35. The molecular weight excluding hydrogens is 276 g/mol. The summed E-state index contributed by atoms with van der Waals surface area (Å²) in [5.41, 5.74) is 9.82. The monoisotopic (exact) mass is 292 g/mol. The van der Waals surface area contributed by atoms with Crippen molar-refractivity contribution in [1.29, 1.82) is 0 Å². The van der Waals surface area contributed by atoms with E-state index in [1.54, 1.807) is 11.2 Å². The molecule has 2 heterocycles. The van der Waals surface area contributed by atoms with E-state index in [1.165, 1.54) is 5.56 Å². The van der Waals surface area contributed by atoms with Crippen molar-refractivity contribution in [3.63, 3.8) is 0 Å². The number of amides is 2. The number of hydrogen-bond acceptors (Lipinski definition) is 2. The Morgan fingerprint density at radius 2 is 1.86 bits per heavy atom. The summed E-state index contributed by atoms with van der Waals surface area (Å²) < 4.78 is 5.67. The van der Waals surface area contributed by atoms with Crippen LogP contribution in [0.3, 0.4) is 0 Å². The number of rotatable bonds is 1. The molecule has 4 rings (SSSR count). The molecule has 0 radical (unpaired) electrons. The Bertz CT molecular complexity index is 853. The van der Waals surface area contributed by atoms with Crippen LogP contribution in [0.25, 0.3) is 11.0 Å². The molecule has 3 aromatic rings. The number of benzene rings is 2. The first-order chi connectivity index (χ1) is 10.8. The highest BCUT2D eigenvalue weighted by molar-refractivity contribution is 5.83. The average molecular weight is 292 g/mol. The summed E-state index contributed by atoms with van der Waals surface area (Å²) in [5.74, 6) is 0. The van der Waals surface area contributed by atoms with E-state index in [1.807, 2.05) is 36.4 Å². The molecule has 2 amide bonds. The number of carbonyl (C=O) groups excluding carboxylic acids is 1. The number of primary amides is 1. The standard InChI is InChI=1S/C18H16N2O2/c19-18(21)20-10-9-12-5-1-2-6-13(12)17(20)15-11-22-16-8-4-3-7-14(15)16/h1-8,11,17H,9-10H2,(H2,19,21). The van der Waals surface area contributed by atoms with Crippen LogP contribution in [-0.2, 0) is 6.42 Å². The summed E-state index contributed by atoms with van der Waals surface area (Å²) in [6.07, 6.45) is 2.57. The van der Waals surface area contributed by atoms with Crippen LogP contribution in [0, 0.1) is 0 Å². The third kappa shape index (κ3) is 1.88. The van der Waals surface area contributed by atoms with E-state index < -0.39 is 6.03 Å². The highest BCUT2D eigenvalue weighted by Crippen LogP contribution is 2.38. The summed E-state index contributed by atoms with van der Waals surface area (Å²) >= 11 is 0. The quantitative estimate of drug-likeness (QED) is 0.746. The van der Waals surface area contributed by atoms with E-state index in [2.05, 4.69) is 12.1 Å². The third-order valence-electron chi connectivity index (χ3n) is 4.37. The minimum absolute atomic E-state index is 0.189. The Balaban J connectivity index is 1.94. The average Bonchev–Trinajstić information content (AvgIpc) is 2.97. The van der Waals surface area contributed by atoms with Gasteiger partial charge in [-0.15, -0.1) is 0 Å². The number of furan rings is 1. The topological polar surface area (TPSA) is 59.5 Å². The molecule has 0 aliphatic carbocycles. The number of fused-ring (bicyclic) bond motifs is 2. The van der Waals surface area contributed by atoms with Crippen LogP contribution in [0.2, 0.25) is 0 Å². The van der Waals surface area contributed by atoms with E-state index in [0.29, 0.717) is 6.54 Å². The van der Waals surface area contributed by atoms with Crippen molar-refractivity contribution in [2.75, 3.05) is 6.54 Å². The van der Waals surface area contributed by atoms with Crippen molar-refractivity contribution in [2.45, 2.75) is 12.5 Å². The molecule has 1 aliphatic heterocycles. The molecule has 1 atom stereocenters. The number of carbonyl (C=O) groups is 1. The maximum atomic E-state index is 11.9. The van der Waals surface area contributed by atoms with Gasteiger partial charge in [0, 0.05) is 17.5 Å². The lowest BCUT2D eigenvalue weighted by atomic mass is 9.88. The highest BCUT2D eigenvalue weighted by atomic mass is 16.3. The second kappa shape index (κ2) is 4.91. The zero-order valence-corrected chi connectivity index (χ0v) is 12.0. The molecule has 0 saturated carbocycles. The van der Waals surface area contributed by atoms with Crippen molar-refractivity contribution >= 4 is 17.0 Å². The minimum atomic E-state index is -0.398. The molecule has 22 heavy (non-hydrogen) atoms. The fourth-order valence-corrected chi connectivity index (χ4v) is 3.35. The molecule has 1 unspecified atom stereocenters. The van der Waals surface area contributed by atoms with Crippen molar-refractivity contribution < 1.29 is 9.21 Å². The Morgan fingerprint density at radius 1 is 1.09 bits per heavy atom. The van der Waals surface area contributed by atoms with E-state index in [0.717, 1.165) is 28.5 Å². The summed E-state index contributed by atoms with van der Waals surface area (Å²) in [6, 6.07) is 15.5. The molecular formula is C18H16N2O2. The minimum Gasteiger partial charge on any atom is -0.464 e. The lowest BCUT2D eigenvalue weighted by molar-refractivity contribution is 0.190. The predicted octanol–water partition coefficient (Wildman–Crippen LogP) is 3.46. The zero-order chi connectivity index (χ0) is 15.1. The maximum Gasteiger partial charge on any atom is 0.315 e. The SMILES string of the molecule is NC(=O)N1CCc2ccccc2C1c1coc2ccccc12. The van der Waals surface area contributed by atoms with Gasteiger partial charge in [-0.3, -0.25) is 0 Å². The van der Waals surface area contributed by atoms with Crippen molar-refractivity contribution in [3.05, 3.63) is 71.5 Å². The Hall–Kier alpha value is -2.75. The summed E-state index contributed by atoms with van der Waals surface area (Å²) in [6.45, 7) is 0.622. The molecule has 0 saturated heterocycles. The molecule has 0 bridgehead atoms. The van der Waals surface area contributed by atoms with E-state index >= 15 is 0 Å². The van der Waals surface area contributed by atoms with Crippen LogP contribution in [0.1, 0.15) is 22.7 Å². The number of nitrogens with two attached hydrogens (primary N) is 1. The van der Waals surface area contributed by atoms with E-state index in [9.17, 15) is 4.79 Å². The van der Waals surface area contributed by atoms with Gasteiger partial charge in [0.25, 0.3) is 0 Å². The van der Waals surface area contributed by atoms with Crippen LogP contribution < -0.4 is 5.73 Å². The summed E-state index contributed by atoms with van der Waals surface area (Å²) in [4.78, 5) is 13.6. The Labute approximate surface area is 128 Å². The highest BCUT2D eigenvalue weighted by Gasteiger charge is 2.32. The second-order valence-corrected chi connectivity index (χ2v) is 5.57. The van der Waals surface area contributed by atoms with Gasteiger partial charge < -0.3 is 15.1 Å². The number of para-hydroxylation sites is 1. The lowest BCUT2D eigenvalue weighted by Crippen LogP contribution is -2.43. The fraction of sp³-hybridized carbons (Fsp3) is 0.167. The Morgan fingerprint density at radius 3 is 2.73 bits per heavy atom. The van der Waals surface area contributed by atoms with E-state index in [-0.39, 0.29) is 6.04 Å². The Kier molecular flexibility index (Phi) is 2.89. The molecule has 1 aromatic heterocycles. The molecule has 2 aromatic carbocycles. The molecule has 110 valence electrons. The zero-order valence-electron chi connectivity index (χ0n) is 12.0. The van der Waals surface area contributed by atoms with Gasteiger partial charge in [-0.2, -0.15) is 0 Å². The predicted molar refractivity (Wildman–Crippen MR) is 84.5 cm³/mol. The van der Waals surface area contributed by atoms with Crippen LogP contribution in [0.15, 0.2) is 59.2 Å². The molecule has 2 N–H and O–H groups in total. The van der Waals surface area contributed by atoms with Gasteiger partial charge in [-0.05, 0) is 23.6 Å². The number of hydrogen-bond donors (Lipinski definition) is 1. The number of urea groups is 1. The van der Waals surface area contributed by atoms with Crippen LogP contribution in [0.4, 0.5) is 4.79 Å². The maximum absolute atomic E-state index is 11.9. The van der Waals surface area contributed by atoms with Gasteiger partial charge in [0.1, 0.15) is 5.58 Å². The van der Waals surface area contributed by atoms with Crippen molar-refractivity contribution in [1.82, 2.24) is 4.90 Å². The first kappa shape index (κ1) is 13.0. The second-order valence-electron chi connectivity index (χ2n) is 5.57. The fourth-order valence-electron chi connectivity index (χ4n) is 3.35. The third-order valence-corrected chi connectivity index (χ3v) is 4.37. The smallest absolute Gasteiger partial charge is 0.315 e. The number of nitrogens with zero attached hydrogens (tertiary/aromatic N) is 1. The summed E-state index contributed by atoms with van der Waals surface area (Å²) in [7, 11) is 0. The normalized spacial score (nSPS) is 17.5. The van der Waals surface area contributed by atoms with Gasteiger partial charge in [0.05, 0.1) is 12.3 Å². The summed E-state index contributed by atoms with van der Waals surface area (Å²) in [5, 5.41) is 1.02. The molecule has 0 spiro atoms. The van der Waals surface area contributed by atoms with Gasteiger partial charge in [-0.25, -0.2) is 4.79 Å². The van der Waals surface area contributed by atoms with Crippen molar-refractivity contribution in [3.8, 4) is 0 Å². The van der Waals surface area contributed by atoms with Gasteiger partial charge >= 0.3 is 6.03 Å². The van der Waals surface area contributed by atoms with Crippen LogP contribution >= 0.6 is 0 Å². The first-order valence-corrected chi connectivity index (χ1v) is 7.35. The van der Waals surface area contributed by atoms with Gasteiger partial charge in [0.15, 0.2) is 0 Å². The molecule has 1 aliphatic rings. The van der Waals surface area contributed by atoms with Crippen LogP contribution in [-0.4, -0.2) is 17.5 Å². The van der Waals surface area contributed by atoms with Gasteiger partial charge in [0.2, 0.25) is 0 Å².